The largest absolute Gasteiger partial charge is 0.497 e. The fourth-order valence-corrected chi connectivity index (χ4v) is 2.06. The summed E-state index contributed by atoms with van der Waals surface area (Å²) in [5.41, 5.74) is -4.61. The number of aliphatic hydroxyl groups is 1. The van der Waals surface area contributed by atoms with Crippen molar-refractivity contribution in [1.29, 1.82) is 0 Å². The molecule has 0 radical (unpaired) electrons. The SMILES string of the molecule is COc1cc(F)cc(C(C)(C)CC(O)(C=O)C(F)(F)F)c1. The molecule has 0 amide bonds. The quantitative estimate of drug-likeness (QED) is 0.672. The zero-order chi connectivity index (χ0) is 16.5. The van der Waals surface area contributed by atoms with Crippen LogP contribution < -0.4 is 4.74 Å². The number of rotatable bonds is 5. The number of carbonyl (C=O) groups excluding carboxylic acids is 1. The lowest BCUT2D eigenvalue weighted by atomic mass is 9.75. The summed E-state index contributed by atoms with van der Waals surface area (Å²) in [6.45, 7) is 2.75. The predicted molar refractivity (Wildman–Crippen MR) is 67.7 cm³/mol. The first-order valence-corrected chi connectivity index (χ1v) is 6.06. The van der Waals surface area contributed by atoms with E-state index in [1.165, 1.54) is 27.0 Å². The monoisotopic (exact) mass is 308 g/mol. The first kappa shape index (κ1) is 17.4. The third-order valence-corrected chi connectivity index (χ3v) is 3.29. The number of aldehydes is 1. The zero-order valence-electron chi connectivity index (χ0n) is 11.8. The fraction of sp³-hybridized carbons (Fsp3) is 0.500. The van der Waals surface area contributed by atoms with Crippen molar-refractivity contribution in [3.05, 3.63) is 29.6 Å². The van der Waals surface area contributed by atoms with E-state index in [9.17, 15) is 27.5 Å². The molecule has 0 saturated heterocycles. The number of hydrogen-bond donors (Lipinski definition) is 1. The number of carbonyl (C=O) groups is 1. The molecule has 3 nitrogen and oxygen atoms in total. The van der Waals surface area contributed by atoms with Gasteiger partial charge in [-0.2, -0.15) is 13.2 Å². The maximum atomic E-state index is 13.5. The van der Waals surface area contributed by atoms with Gasteiger partial charge in [-0.05, 0) is 23.1 Å². The van der Waals surface area contributed by atoms with Gasteiger partial charge in [0.15, 0.2) is 6.29 Å². The third-order valence-electron chi connectivity index (χ3n) is 3.29. The zero-order valence-corrected chi connectivity index (χ0v) is 11.8. The van der Waals surface area contributed by atoms with E-state index in [0.717, 1.165) is 12.1 Å². The van der Waals surface area contributed by atoms with Gasteiger partial charge in [-0.3, -0.25) is 4.79 Å². The lowest BCUT2D eigenvalue weighted by Gasteiger charge is -2.34. The summed E-state index contributed by atoms with van der Waals surface area (Å²) >= 11 is 0. The van der Waals surface area contributed by atoms with Crippen LogP contribution in [0.15, 0.2) is 18.2 Å². The fourth-order valence-electron chi connectivity index (χ4n) is 2.06. The highest BCUT2D eigenvalue weighted by molar-refractivity contribution is 5.64. The average molecular weight is 308 g/mol. The topological polar surface area (TPSA) is 46.5 Å². The van der Waals surface area contributed by atoms with E-state index in [1.807, 2.05) is 0 Å². The smallest absolute Gasteiger partial charge is 0.424 e. The molecular weight excluding hydrogens is 292 g/mol. The number of halogens is 4. The minimum Gasteiger partial charge on any atom is -0.497 e. The van der Waals surface area contributed by atoms with E-state index < -0.39 is 35.7 Å². The van der Waals surface area contributed by atoms with Crippen molar-refractivity contribution in [2.24, 2.45) is 0 Å². The van der Waals surface area contributed by atoms with Crippen molar-refractivity contribution >= 4 is 6.29 Å². The Hall–Kier alpha value is -1.63. The van der Waals surface area contributed by atoms with Gasteiger partial charge >= 0.3 is 6.18 Å². The van der Waals surface area contributed by atoms with Gasteiger partial charge in [0.25, 0.3) is 0 Å². The highest BCUT2D eigenvalue weighted by atomic mass is 19.4. The molecule has 0 saturated carbocycles. The van der Waals surface area contributed by atoms with E-state index in [4.69, 9.17) is 4.74 Å². The molecule has 1 atom stereocenters. The highest BCUT2D eigenvalue weighted by Gasteiger charge is 2.56. The van der Waals surface area contributed by atoms with Crippen LogP contribution in [0, 0.1) is 5.82 Å². The highest BCUT2D eigenvalue weighted by Crippen LogP contribution is 2.40. The molecule has 0 spiro atoms. The molecule has 1 unspecified atom stereocenters. The van der Waals surface area contributed by atoms with Gasteiger partial charge in [-0.15, -0.1) is 0 Å². The van der Waals surface area contributed by atoms with Crippen molar-refractivity contribution < 1.29 is 32.2 Å². The first-order valence-electron chi connectivity index (χ1n) is 6.06. The maximum absolute atomic E-state index is 13.5. The molecule has 7 heteroatoms. The minimum atomic E-state index is -5.11. The number of benzene rings is 1. The third kappa shape index (κ3) is 3.72. The Balaban J connectivity index is 3.22. The van der Waals surface area contributed by atoms with Crippen LogP contribution in [-0.4, -0.2) is 30.3 Å². The molecule has 0 bridgehead atoms. The Morgan fingerprint density at radius 2 is 1.81 bits per heavy atom. The van der Waals surface area contributed by atoms with Crippen molar-refractivity contribution in [2.45, 2.75) is 37.5 Å². The Bertz CT molecular complexity index is 525. The van der Waals surface area contributed by atoms with Crippen LogP contribution in [0.2, 0.25) is 0 Å². The van der Waals surface area contributed by atoms with E-state index in [1.54, 1.807) is 0 Å². The second-order valence-electron chi connectivity index (χ2n) is 5.48. The van der Waals surface area contributed by atoms with Gasteiger partial charge < -0.3 is 9.84 Å². The van der Waals surface area contributed by atoms with Gasteiger partial charge in [-0.1, -0.05) is 13.8 Å². The standard InChI is InChI=1S/C14H16F4O3/c1-12(2,7-13(20,8-19)14(16,17)18)9-4-10(15)6-11(5-9)21-3/h4-6,8,20H,7H2,1-3H3. The normalized spacial score (nSPS) is 15.4. The summed E-state index contributed by atoms with van der Waals surface area (Å²) < 4.78 is 56.7. The molecule has 0 heterocycles. The van der Waals surface area contributed by atoms with Crippen LogP contribution in [0.1, 0.15) is 25.8 Å². The molecule has 1 aromatic rings. The van der Waals surface area contributed by atoms with Crippen molar-refractivity contribution in [2.75, 3.05) is 7.11 Å². The molecule has 1 aromatic carbocycles. The van der Waals surface area contributed by atoms with Crippen LogP contribution in [0.4, 0.5) is 17.6 Å². The predicted octanol–water partition coefficient (Wildman–Crippen LogP) is 2.99. The van der Waals surface area contributed by atoms with Crippen molar-refractivity contribution in [3.63, 3.8) is 0 Å². The van der Waals surface area contributed by atoms with Gasteiger partial charge in [0.1, 0.15) is 11.6 Å². The second-order valence-corrected chi connectivity index (χ2v) is 5.48. The van der Waals surface area contributed by atoms with E-state index in [2.05, 4.69) is 0 Å². The minimum absolute atomic E-state index is 0.139. The Morgan fingerprint density at radius 1 is 1.24 bits per heavy atom. The summed E-state index contributed by atoms with van der Waals surface area (Å²) in [7, 11) is 1.29. The number of ether oxygens (including phenoxy) is 1. The Morgan fingerprint density at radius 3 is 2.24 bits per heavy atom. The summed E-state index contributed by atoms with van der Waals surface area (Å²) in [5, 5.41) is 9.53. The Labute approximate surface area is 119 Å². The molecule has 1 rings (SSSR count). The van der Waals surface area contributed by atoms with Crippen molar-refractivity contribution in [1.82, 2.24) is 0 Å². The van der Waals surface area contributed by atoms with Gasteiger partial charge in [0.2, 0.25) is 5.60 Å². The first-order chi connectivity index (χ1) is 9.45. The van der Waals surface area contributed by atoms with Crippen molar-refractivity contribution in [3.8, 4) is 5.75 Å². The number of methoxy groups -OCH3 is 1. The lowest BCUT2D eigenvalue weighted by Crippen LogP contribution is -2.50. The van der Waals surface area contributed by atoms with Crippen LogP contribution in [0.5, 0.6) is 5.75 Å². The van der Waals surface area contributed by atoms with E-state index in [0.29, 0.717) is 0 Å². The van der Waals surface area contributed by atoms with E-state index >= 15 is 0 Å². The lowest BCUT2D eigenvalue weighted by molar-refractivity contribution is -0.250. The van der Waals surface area contributed by atoms with Gasteiger partial charge in [0.05, 0.1) is 7.11 Å². The summed E-state index contributed by atoms with van der Waals surface area (Å²) in [6.07, 6.45) is -6.58. The summed E-state index contributed by atoms with van der Waals surface area (Å²) in [6, 6.07) is 3.49. The van der Waals surface area contributed by atoms with Crippen LogP contribution in [0.3, 0.4) is 0 Å². The maximum Gasteiger partial charge on any atom is 0.424 e. The molecule has 0 aliphatic carbocycles. The van der Waals surface area contributed by atoms with Crippen LogP contribution >= 0.6 is 0 Å². The molecule has 118 valence electrons. The Kier molecular flexibility index (Phi) is 4.67. The molecule has 1 N–H and O–H groups in total. The van der Waals surface area contributed by atoms with E-state index in [-0.39, 0.29) is 11.3 Å². The molecular formula is C14H16F4O3. The number of hydrogen-bond acceptors (Lipinski definition) is 3. The summed E-state index contributed by atoms with van der Waals surface area (Å²) in [4.78, 5) is 10.7. The molecule has 0 aliphatic rings. The van der Waals surface area contributed by atoms with Crippen LogP contribution in [0.25, 0.3) is 0 Å². The summed E-state index contributed by atoms with van der Waals surface area (Å²) in [5.74, 6) is -0.543. The van der Waals surface area contributed by atoms with Gasteiger partial charge in [0, 0.05) is 12.5 Å². The molecule has 21 heavy (non-hydrogen) atoms. The average Bonchev–Trinajstić information content (AvgIpc) is 2.36. The second kappa shape index (κ2) is 5.63. The van der Waals surface area contributed by atoms with Gasteiger partial charge in [-0.25, -0.2) is 4.39 Å². The molecule has 0 fully saturated rings. The molecule has 0 aromatic heterocycles. The van der Waals surface area contributed by atoms with Crippen LogP contribution in [-0.2, 0) is 10.2 Å². The number of alkyl halides is 3. The molecule has 0 aliphatic heterocycles.